The Morgan fingerprint density at radius 1 is 1.00 bits per heavy atom. The van der Waals surface area contributed by atoms with E-state index < -0.39 is 0 Å². The number of fused-ring (bicyclic) bond motifs is 1. The third-order valence-electron chi connectivity index (χ3n) is 5.12. The first kappa shape index (κ1) is 21.0. The fraction of sp³-hybridized carbons (Fsp3) is 0.273. The van der Waals surface area contributed by atoms with Crippen LogP contribution in [0.4, 0.5) is 5.13 Å². The van der Waals surface area contributed by atoms with Crippen molar-refractivity contribution in [3.05, 3.63) is 59.7 Å². The van der Waals surface area contributed by atoms with Crippen molar-refractivity contribution in [1.29, 1.82) is 0 Å². The monoisotopic (exact) mass is 437 g/mol. The van der Waals surface area contributed by atoms with E-state index in [4.69, 9.17) is 0 Å². The highest BCUT2D eigenvalue weighted by Crippen LogP contribution is 2.27. The molecule has 1 aliphatic rings. The SMILES string of the molecule is CN1CCN(C(=O)c2ccc3nc(NC(=O)CNC(=O)c4ccccc4)sc3c2)CC1. The molecule has 2 heterocycles. The van der Waals surface area contributed by atoms with Gasteiger partial charge in [0.25, 0.3) is 11.8 Å². The van der Waals surface area contributed by atoms with Crippen LogP contribution >= 0.6 is 11.3 Å². The summed E-state index contributed by atoms with van der Waals surface area (Å²) in [5.41, 5.74) is 1.82. The number of piperazine rings is 1. The molecule has 1 aromatic heterocycles. The standard InChI is InChI=1S/C22H23N5O3S/c1-26-9-11-27(12-10-26)21(30)16-7-8-17-18(13-16)31-22(24-17)25-19(28)14-23-20(29)15-5-3-2-4-6-15/h2-8,13H,9-12,14H2,1H3,(H,23,29)(H,24,25,28). The summed E-state index contributed by atoms with van der Waals surface area (Å²) in [6.07, 6.45) is 0. The molecule has 9 heteroatoms. The number of amides is 3. The van der Waals surface area contributed by atoms with E-state index in [1.807, 2.05) is 24.1 Å². The van der Waals surface area contributed by atoms with Crippen molar-refractivity contribution >= 4 is 44.4 Å². The lowest BCUT2D eigenvalue weighted by Gasteiger charge is -2.32. The molecule has 0 aliphatic carbocycles. The van der Waals surface area contributed by atoms with E-state index >= 15 is 0 Å². The highest BCUT2D eigenvalue weighted by atomic mass is 32.1. The van der Waals surface area contributed by atoms with Crippen molar-refractivity contribution < 1.29 is 14.4 Å². The molecule has 0 radical (unpaired) electrons. The smallest absolute Gasteiger partial charge is 0.253 e. The lowest BCUT2D eigenvalue weighted by molar-refractivity contribution is -0.115. The van der Waals surface area contributed by atoms with Gasteiger partial charge in [-0.05, 0) is 37.4 Å². The highest BCUT2D eigenvalue weighted by Gasteiger charge is 2.21. The fourth-order valence-electron chi connectivity index (χ4n) is 3.32. The van der Waals surface area contributed by atoms with Crippen LogP contribution in [0.15, 0.2) is 48.5 Å². The molecular formula is C22H23N5O3S. The van der Waals surface area contributed by atoms with Crippen LogP contribution in [0.25, 0.3) is 10.2 Å². The maximum Gasteiger partial charge on any atom is 0.253 e. The summed E-state index contributed by atoms with van der Waals surface area (Å²) in [7, 11) is 2.05. The lowest BCUT2D eigenvalue weighted by Crippen LogP contribution is -2.47. The zero-order valence-electron chi connectivity index (χ0n) is 17.1. The van der Waals surface area contributed by atoms with Gasteiger partial charge in [0.05, 0.1) is 16.8 Å². The van der Waals surface area contributed by atoms with Gasteiger partial charge in [0.2, 0.25) is 5.91 Å². The van der Waals surface area contributed by atoms with Gasteiger partial charge in [-0.25, -0.2) is 4.98 Å². The van der Waals surface area contributed by atoms with Gasteiger partial charge in [-0.2, -0.15) is 0 Å². The van der Waals surface area contributed by atoms with Crippen LogP contribution in [-0.2, 0) is 4.79 Å². The number of hydrogen-bond acceptors (Lipinski definition) is 6. The summed E-state index contributed by atoms with van der Waals surface area (Å²) in [5, 5.41) is 5.73. The second-order valence-electron chi connectivity index (χ2n) is 7.39. The van der Waals surface area contributed by atoms with E-state index in [2.05, 4.69) is 20.5 Å². The molecule has 2 aromatic carbocycles. The Morgan fingerprint density at radius 2 is 1.74 bits per heavy atom. The Labute approximate surface area is 183 Å². The van der Waals surface area contributed by atoms with Crippen LogP contribution in [0, 0.1) is 0 Å². The van der Waals surface area contributed by atoms with E-state index in [9.17, 15) is 14.4 Å². The van der Waals surface area contributed by atoms with Gasteiger partial charge in [0, 0.05) is 37.3 Å². The number of carbonyl (C=O) groups is 3. The first-order chi connectivity index (χ1) is 15.0. The Balaban J connectivity index is 1.37. The molecule has 0 spiro atoms. The van der Waals surface area contributed by atoms with Gasteiger partial charge in [-0.3, -0.25) is 14.4 Å². The van der Waals surface area contributed by atoms with Gasteiger partial charge in [0.1, 0.15) is 0 Å². The Hall–Kier alpha value is -3.30. The predicted octanol–water partition coefficient (Wildman–Crippen LogP) is 2.05. The minimum Gasteiger partial charge on any atom is -0.343 e. The second kappa shape index (κ2) is 9.23. The molecule has 1 saturated heterocycles. The van der Waals surface area contributed by atoms with Gasteiger partial charge in [-0.15, -0.1) is 0 Å². The maximum atomic E-state index is 12.8. The van der Waals surface area contributed by atoms with Gasteiger partial charge in [0.15, 0.2) is 5.13 Å². The number of thiazole rings is 1. The van der Waals surface area contributed by atoms with Gasteiger partial charge >= 0.3 is 0 Å². The summed E-state index contributed by atoms with van der Waals surface area (Å²) in [6, 6.07) is 14.1. The number of carbonyl (C=O) groups excluding carboxylic acids is 3. The summed E-state index contributed by atoms with van der Waals surface area (Å²) in [4.78, 5) is 45.5. The zero-order valence-corrected chi connectivity index (χ0v) is 17.9. The molecule has 3 amide bonds. The third-order valence-corrected chi connectivity index (χ3v) is 6.05. The number of aromatic nitrogens is 1. The molecule has 160 valence electrons. The van der Waals surface area contributed by atoms with Crippen LogP contribution in [0.1, 0.15) is 20.7 Å². The van der Waals surface area contributed by atoms with Crippen LogP contribution in [-0.4, -0.2) is 72.3 Å². The predicted molar refractivity (Wildman–Crippen MR) is 120 cm³/mol. The van der Waals surface area contributed by atoms with E-state index in [0.717, 1.165) is 17.8 Å². The molecular weight excluding hydrogens is 414 g/mol. The second-order valence-corrected chi connectivity index (χ2v) is 8.42. The molecule has 0 bridgehead atoms. The molecule has 8 nitrogen and oxygen atoms in total. The first-order valence-corrected chi connectivity index (χ1v) is 10.8. The summed E-state index contributed by atoms with van der Waals surface area (Å²) >= 11 is 1.30. The number of likely N-dealkylation sites (N-methyl/N-ethyl adjacent to an activating group) is 1. The van der Waals surface area contributed by atoms with Crippen LogP contribution < -0.4 is 10.6 Å². The summed E-state index contributed by atoms with van der Waals surface area (Å²) in [5.74, 6) is -0.665. The Bertz CT molecular complexity index is 1110. The largest absolute Gasteiger partial charge is 0.343 e. The molecule has 31 heavy (non-hydrogen) atoms. The van der Waals surface area contributed by atoms with E-state index in [0.29, 0.717) is 34.9 Å². The molecule has 1 fully saturated rings. The van der Waals surface area contributed by atoms with Gasteiger partial charge in [-0.1, -0.05) is 29.5 Å². The highest BCUT2D eigenvalue weighted by molar-refractivity contribution is 7.22. The molecule has 3 aromatic rings. The number of rotatable bonds is 5. The molecule has 2 N–H and O–H groups in total. The Morgan fingerprint density at radius 3 is 2.48 bits per heavy atom. The maximum absolute atomic E-state index is 12.8. The molecule has 0 saturated carbocycles. The van der Waals surface area contributed by atoms with Crippen LogP contribution in [0.2, 0.25) is 0 Å². The number of nitrogens with one attached hydrogen (secondary N) is 2. The van der Waals surface area contributed by atoms with Crippen molar-refractivity contribution in [2.24, 2.45) is 0 Å². The average molecular weight is 438 g/mol. The molecule has 4 rings (SSSR count). The molecule has 0 unspecified atom stereocenters. The fourth-order valence-corrected chi connectivity index (χ4v) is 4.24. The first-order valence-electron chi connectivity index (χ1n) is 10.0. The van der Waals surface area contributed by atoms with Crippen molar-refractivity contribution in [2.75, 3.05) is 45.1 Å². The van der Waals surface area contributed by atoms with E-state index in [-0.39, 0.29) is 24.3 Å². The van der Waals surface area contributed by atoms with E-state index in [1.54, 1.807) is 36.4 Å². The topological polar surface area (TPSA) is 94.6 Å². The average Bonchev–Trinajstić information content (AvgIpc) is 3.19. The zero-order chi connectivity index (χ0) is 21.8. The van der Waals surface area contributed by atoms with Crippen LogP contribution in [0.3, 0.4) is 0 Å². The number of benzene rings is 2. The third kappa shape index (κ3) is 5.07. The number of nitrogens with zero attached hydrogens (tertiary/aromatic N) is 3. The lowest BCUT2D eigenvalue weighted by atomic mass is 10.1. The van der Waals surface area contributed by atoms with Gasteiger partial charge < -0.3 is 20.4 Å². The minimum absolute atomic E-state index is 0.0117. The van der Waals surface area contributed by atoms with Crippen molar-refractivity contribution in [2.45, 2.75) is 0 Å². The molecule has 1 aliphatic heterocycles. The van der Waals surface area contributed by atoms with E-state index in [1.165, 1.54) is 11.3 Å². The Kier molecular flexibility index (Phi) is 6.24. The number of hydrogen-bond donors (Lipinski definition) is 2. The van der Waals surface area contributed by atoms with Crippen LogP contribution in [0.5, 0.6) is 0 Å². The van der Waals surface area contributed by atoms with Crippen molar-refractivity contribution in [1.82, 2.24) is 20.1 Å². The molecule has 0 atom stereocenters. The summed E-state index contributed by atoms with van der Waals surface area (Å²) < 4.78 is 0.823. The minimum atomic E-state index is -0.364. The summed E-state index contributed by atoms with van der Waals surface area (Å²) in [6.45, 7) is 3.01. The van der Waals surface area contributed by atoms with Crippen molar-refractivity contribution in [3.8, 4) is 0 Å². The number of anilines is 1. The van der Waals surface area contributed by atoms with Crippen molar-refractivity contribution in [3.63, 3.8) is 0 Å². The quantitative estimate of drug-likeness (QED) is 0.637. The normalized spacial score (nSPS) is 14.4.